The first-order valence-corrected chi connectivity index (χ1v) is 6.16. The lowest BCUT2D eigenvalue weighted by Gasteiger charge is -2.22. The van der Waals surface area contributed by atoms with Crippen LogP contribution in [0.25, 0.3) is 0 Å². The number of halogens is 1. The van der Waals surface area contributed by atoms with Crippen molar-refractivity contribution < 1.29 is 4.39 Å². The zero-order chi connectivity index (χ0) is 11.4. The number of aromatic nitrogens is 1. The molecule has 1 aromatic heterocycles. The van der Waals surface area contributed by atoms with E-state index in [0.29, 0.717) is 0 Å². The molecule has 0 amide bonds. The zero-order valence-corrected chi connectivity index (χ0v) is 9.82. The van der Waals surface area contributed by atoms with Crippen LogP contribution in [0.2, 0.25) is 0 Å². The Kier molecular flexibility index (Phi) is 3.75. The zero-order valence-electron chi connectivity index (χ0n) is 9.82. The van der Waals surface area contributed by atoms with Crippen molar-refractivity contribution in [2.45, 2.75) is 32.6 Å². The quantitative estimate of drug-likeness (QED) is 0.714. The largest absolute Gasteiger partial charge is 0.371 e. The van der Waals surface area contributed by atoms with Gasteiger partial charge in [-0.05, 0) is 31.2 Å². The van der Waals surface area contributed by atoms with Crippen LogP contribution < -0.4 is 4.90 Å². The fourth-order valence-electron chi connectivity index (χ4n) is 2.42. The van der Waals surface area contributed by atoms with E-state index in [4.69, 9.17) is 0 Å². The maximum absolute atomic E-state index is 13.0. The van der Waals surface area contributed by atoms with Crippen molar-refractivity contribution in [2.24, 2.45) is 5.92 Å². The first kappa shape index (κ1) is 11.4. The van der Waals surface area contributed by atoms with Crippen LogP contribution >= 0.6 is 0 Å². The Morgan fingerprint density at radius 1 is 1.44 bits per heavy atom. The Bertz CT molecular complexity index is 340. The summed E-state index contributed by atoms with van der Waals surface area (Å²) in [4.78, 5) is 5.87. The highest BCUT2D eigenvalue weighted by Crippen LogP contribution is 2.24. The summed E-state index contributed by atoms with van der Waals surface area (Å²) in [5, 5.41) is 0. The Morgan fingerprint density at radius 2 is 2.31 bits per heavy atom. The van der Waals surface area contributed by atoms with Gasteiger partial charge in [0.1, 0.15) is 0 Å². The molecule has 0 N–H and O–H groups in total. The molecule has 0 aromatic carbocycles. The molecule has 1 aromatic rings. The van der Waals surface area contributed by atoms with Crippen molar-refractivity contribution >= 4 is 5.69 Å². The summed E-state index contributed by atoms with van der Waals surface area (Å²) < 4.78 is 13.0. The summed E-state index contributed by atoms with van der Waals surface area (Å²) in [6, 6.07) is 3.43. The summed E-state index contributed by atoms with van der Waals surface area (Å²) in [5.74, 6) is 0.463. The Labute approximate surface area is 96.5 Å². The average molecular weight is 222 g/mol. The number of hydrogen-bond donors (Lipinski definition) is 0. The molecule has 3 heteroatoms. The van der Waals surface area contributed by atoms with E-state index < -0.39 is 0 Å². The molecule has 2 rings (SSSR count). The van der Waals surface area contributed by atoms with E-state index in [2.05, 4.69) is 16.8 Å². The molecule has 1 saturated heterocycles. The molecule has 88 valence electrons. The molecular weight excluding hydrogens is 203 g/mol. The highest BCUT2D eigenvalue weighted by molar-refractivity contribution is 5.44. The summed E-state index contributed by atoms with van der Waals surface area (Å²) in [5.41, 5.74) is 0.976. The van der Waals surface area contributed by atoms with E-state index in [-0.39, 0.29) is 5.95 Å². The molecule has 16 heavy (non-hydrogen) atoms. The molecule has 1 aliphatic rings. The Balaban J connectivity index is 2.04. The lowest BCUT2D eigenvalue weighted by molar-refractivity contribution is 0.459. The van der Waals surface area contributed by atoms with Gasteiger partial charge in [0, 0.05) is 31.0 Å². The highest BCUT2D eigenvalue weighted by Gasteiger charge is 2.16. The summed E-state index contributed by atoms with van der Waals surface area (Å²) >= 11 is 0. The van der Waals surface area contributed by atoms with E-state index in [9.17, 15) is 4.39 Å². The van der Waals surface area contributed by atoms with Crippen molar-refractivity contribution in [1.82, 2.24) is 4.98 Å². The number of rotatable bonds is 2. The topological polar surface area (TPSA) is 16.1 Å². The van der Waals surface area contributed by atoms with Crippen LogP contribution in [-0.4, -0.2) is 18.1 Å². The molecule has 0 spiro atoms. The predicted octanol–water partition coefficient (Wildman–Crippen LogP) is 3.24. The second-order valence-corrected chi connectivity index (χ2v) is 4.53. The lowest BCUT2D eigenvalue weighted by Crippen LogP contribution is -2.24. The fraction of sp³-hybridized carbons (Fsp3) is 0.615. The van der Waals surface area contributed by atoms with Gasteiger partial charge in [0.05, 0.1) is 0 Å². The van der Waals surface area contributed by atoms with E-state index >= 15 is 0 Å². The molecule has 1 aliphatic heterocycles. The molecule has 1 unspecified atom stereocenters. The van der Waals surface area contributed by atoms with Crippen LogP contribution in [0.5, 0.6) is 0 Å². The minimum Gasteiger partial charge on any atom is -0.371 e. The van der Waals surface area contributed by atoms with Gasteiger partial charge in [0.25, 0.3) is 0 Å². The fourth-order valence-corrected chi connectivity index (χ4v) is 2.42. The van der Waals surface area contributed by atoms with Crippen molar-refractivity contribution in [3.8, 4) is 0 Å². The Morgan fingerprint density at radius 3 is 3.06 bits per heavy atom. The summed E-state index contributed by atoms with van der Waals surface area (Å²) in [6.07, 6.45) is 6.55. The lowest BCUT2D eigenvalue weighted by atomic mass is 9.98. The number of anilines is 1. The maximum atomic E-state index is 13.0. The summed E-state index contributed by atoms with van der Waals surface area (Å²) in [6.45, 7) is 4.34. The molecular formula is C13H19FN2. The molecule has 1 fully saturated rings. The standard InChI is InChI=1S/C13H19FN2/c1-2-11-4-3-8-16(9-6-11)12-5-7-15-13(14)10-12/h5,7,10-11H,2-4,6,8-9H2,1H3. The van der Waals surface area contributed by atoms with Crippen molar-refractivity contribution in [1.29, 1.82) is 0 Å². The van der Waals surface area contributed by atoms with E-state index in [0.717, 1.165) is 24.7 Å². The average Bonchev–Trinajstić information content (AvgIpc) is 2.54. The molecule has 2 nitrogen and oxygen atoms in total. The van der Waals surface area contributed by atoms with Gasteiger partial charge < -0.3 is 4.90 Å². The normalized spacial score (nSPS) is 21.9. The third-order valence-electron chi connectivity index (χ3n) is 3.50. The van der Waals surface area contributed by atoms with Crippen LogP contribution in [0.4, 0.5) is 10.1 Å². The van der Waals surface area contributed by atoms with Gasteiger partial charge in [0.2, 0.25) is 5.95 Å². The minimum absolute atomic E-state index is 0.381. The molecule has 0 aliphatic carbocycles. The molecule has 0 radical (unpaired) electrons. The van der Waals surface area contributed by atoms with Crippen LogP contribution in [0.1, 0.15) is 32.6 Å². The van der Waals surface area contributed by atoms with Crippen molar-refractivity contribution in [3.05, 3.63) is 24.3 Å². The van der Waals surface area contributed by atoms with Gasteiger partial charge in [0.15, 0.2) is 0 Å². The van der Waals surface area contributed by atoms with Crippen molar-refractivity contribution in [3.63, 3.8) is 0 Å². The van der Waals surface area contributed by atoms with E-state index in [1.54, 1.807) is 6.20 Å². The van der Waals surface area contributed by atoms with Gasteiger partial charge in [-0.1, -0.05) is 13.3 Å². The summed E-state index contributed by atoms with van der Waals surface area (Å²) in [7, 11) is 0. The third-order valence-corrected chi connectivity index (χ3v) is 3.50. The van der Waals surface area contributed by atoms with Crippen LogP contribution in [0, 0.1) is 11.9 Å². The monoisotopic (exact) mass is 222 g/mol. The molecule has 0 saturated carbocycles. The predicted molar refractivity (Wildman–Crippen MR) is 64.0 cm³/mol. The van der Waals surface area contributed by atoms with Crippen molar-refractivity contribution in [2.75, 3.05) is 18.0 Å². The first-order valence-electron chi connectivity index (χ1n) is 6.16. The second-order valence-electron chi connectivity index (χ2n) is 4.53. The van der Waals surface area contributed by atoms with E-state index in [1.165, 1.54) is 31.7 Å². The molecule has 1 atom stereocenters. The van der Waals surface area contributed by atoms with Gasteiger partial charge in [-0.3, -0.25) is 0 Å². The SMILES string of the molecule is CCC1CCCN(c2ccnc(F)c2)CC1. The number of pyridine rings is 1. The van der Waals surface area contributed by atoms with Gasteiger partial charge >= 0.3 is 0 Å². The third kappa shape index (κ3) is 2.71. The van der Waals surface area contributed by atoms with Crippen LogP contribution in [-0.2, 0) is 0 Å². The first-order chi connectivity index (χ1) is 7.79. The van der Waals surface area contributed by atoms with Gasteiger partial charge in [-0.2, -0.15) is 4.39 Å². The molecule has 0 bridgehead atoms. The maximum Gasteiger partial charge on any atom is 0.214 e. The van der Waals surface area contributed by atoms with Gasteiger partial charge in [-0.15, -0.1) is 0 Å². The number of hydrogen-bond acceptors (Lipinski definition) is 2. The van der Waals surface area contributed by atoms with Crippen LogP contribution in [0.3, 0.4) is 0 Å². The van der Waals surface area contributed by atoms with Gasteiger partial charge in [-0.25, -0.2) is 4.98 Å². The second kappa shape index (κ2) is 5.28. The molecule has 2 heterocycles. The van der Waals surface area contributed by atoms with E-state index in [1.807, 2.05) is 6.07 Å². The van der Waals surface area contributed by atoms with Crippen LogP contribution in [0.15, 0.2) is 18.3 Å². The number of nitrogens with zero attached hydrogens (tertiary/aromatic N) is 2. The minimum atomic E-state index is -0.381. The smallest absolute Gasteiger partial charge is 0.214 e. The Hall–Kier alpha value is -1.12. The highest BCUT2D eigenvalue weighted by atomic mass is 19.1.